The Morgan fingerprint density at radius 1 is 1.35 bits per heavy atom. The van der Waals surface area contributed by atoms with E-state index in [0.717, 1.165) is 11.3 Å². The number of H-pyrrole nitrogens is 1. The predicted octanol–water partition coefficient (Wildman–Crippen LogP) is 2.87. The minimum absolute atomic E-state index is 0.134. The molecule has 2 heterocycles. The number of carbonyl (C=O) groups is 2. The van der Waals surface area contributed by atoms with Crippen LogP contribution in [0.2, 0.25) is 0 Å². The highest BCUT2D eigenvalue weighted by Gasteiger charge is 2.25. The number of nitrogens with one attached hydrogen (secondary N) is 1. The summed E-state index contributed by atoms with van der Waals surface area (Å²) in [7, 11) is 0. The second-order valence-electron chi connectivity index (χ2n) is 5.46. The number of ketones is 1. The van der Waals surface area contributed by atoms with Crippen LogP contribution in [-0.4, -0.2) is 33.5 Å². The molecule has 1 N–H and O–H groups in total. The largest absolute Gasteiger partial charge is 0.453 e. The molecule has 0 aliphatic carbocycles. The van der Waals surface area contributed by atoms with Crippen LogP contribution in [0.5, 0.6) is 0 Å². The van der Waals surface area contributed by atoms with E-state index in [1.54, 1.807) is 18.4 Å². The van der Waals surface area contributed by atoms with Crippen molar-refractivity contribution in [1.82, 2.24) is 15.2 Å². The molecule has 0 amide bonds. The van der Waals surface area contributed by atoms with Crippen LogP contribution in [0.25, 0.3) is 11.3 Å². The number of aromatic nitrogens is 3. The molecule has 26 heavy (non-hydrogen) atoms. The number of carbonyl (C=O) groups excluding carboxylic acids is 2. The minimum atomic E-state index is -1.04. The normalized spacial score (nSPS) is 11.5. The topological polar surface area (TPSA) is 109 Å². The van der Waals surface area contributed by atoms with Crippen molar-refractivity contribution in [2.75, 3.05) is 6.61 Å². The molecule has 1 atom stereocenters. The van der Waals surface area contributed by atoms with Gasteiger partial charge in [-0.2, -0.15) is 10.4 Å². The van der Waals surface area contributed by atoms with Crippen LogP contribution in [0.4, 0.5) is 0 Å². The summed E-state index contributed by atoms with van der Waals surface area (Å²) in [6.45, 7) is 1.27. The molecule has 0 aliphatic rings. The monoisotopic (exact) mass is 366 g/mol. The number of hydrogen-bond donors (Lipinski definition) is 1. The predicted molar refractivity (Wildman–Crippen MR) is 94.5 cm³/mol. The van der Waals surface area contributed by atoms with Gasteiger partial charge in [0.1, 0.15) is 10.7 Å². The molecule has 3 aromatic rings. The fraction of sp³-hybridized carbons (Fsp3) is 0.167. The lowest BCUT2D eigenvalue weighted by Gasteiger charge is -2.05. The van der Waals surface area contributed by atoms with Crippen LogP contribution in [0.15, 0.2) is 41.8 Å². The van der Waals surface area contributed by atoms with Crippen molar-refractivity contribution in [2.24, 2.45) is 0 Å². The molecule has 3 rings (SSSR count). The van der Waals surface area contributed by atoms with Gasteiger partial charge >= 0.3 is 5.97 Å². The van der Waals surface area contributed by atoms with E-state index in [-0.39, 0.29) is 5.69 Å². The van der Waals surface area contributed by atoms with Gasteiger partial charge in [0.25, 0.3) is 0 Å². The third kappa shape index (κ3) is 3.84. The van der Waals surface area contributed by atoms with E-state index in [9.17, 15) is 14.9 Å². The summed E-state index contributed by atoms with van der Waals surface area (Å²) in [5, 5.41) is 18.0. The molecule has 0 spiro atoms. The molecule has 0 bridgehead atoms. The Labute approximate surface area is 153 Å². The Morgan fingerprint density at radius 3 is 2.77 bits per heavy atom. The number of Topliss-reactive ketones (excluding diaryl/α,β-unsaturated/α-hetero) is 1. The summed E-state index contributed by atoms with van der Waals surface area (Å²) in [5.74, 6) is -2.26. The quantitative estimate of drug-likeness (QED) is 0.672. The Bertz CT molecular complexity index is 972. The lowest BCUT2D eigenvalue weighted by atomic mass is 10.1. The number of ether oxygens (including phenoxy) is 1. The molecule has 8 heteroatoms. The fourth-order valence-corrected chi connectivity index (χ4v) is 3.11. The van der Waals surface area contributed by atoms with E-state index in [4.69, 9.17) is 4.74 Å². The van der Waals surface area contributed by atoms with Gasteiger partial charge in [0, 0.05) is 16.6 Å². The third-order valence-corrected chi connectivity index (χ3v) is 4.58. The summed E-state index contributed by atoms with van der Waals surface area (Å²) in [4.78, 5) is 28.4. The SMILES string of the molecule is Cc1csc([C@H](C#N)C(=O)COC(=O)c2cc(-c3ccccc3)n[nH]2)n1. The van der Waals surface area contributed by atoms with Gasteiger partial charge < -0.3 is 4.74 Å². The highest BCUT2D eigenvalue weighted by Crippen LogP contribution is 2.21. The second kappa shape index (κ2) is 7.72. The lowest BCUT2D eigenvalue weighted by Crippen LogP contribution is -2.20. The van der Waals surface area contributed by atoms with Gasteiger partial charge in [-0.25, -0.2) is 9.78 Å². The molecule has 1 aromatic carbocycles. The van der Waals surface area contributed by atoms with Crippen LogP contribution in [-0.2, 0) is 9.53 Å². The van der Waals surface area contributed by atoms with Gasteiger partial charge in [-0.15, -0.1) is 11.3 Å². The Balaban J connectivity index is 1.63. The lowest BCUT2D eigenvalue weighted by molar-refractivity contribution is -0.122. The molecule has 0 unspecified atom stereocenters. The first-order chi connectivity index (χ1) is 12.6. The first kappa shape index (κ1) is 17.5. The molecule has 0 aliphatic heterocycles. The van der Waals surface area contributed by atoms with E-state index in [0.29, 0.717) is 10.7 Å². The van der Waals surface area contributed by atoms with Gasteiger partial charge in [0.2, 0.25) is 0 Å². The maximum absolute atomic E-state index is 12.2. The molecular weight excluding hydrogens is 352 g/mol. The van der Waals surface area contributed by atoms with E-state index >= 15 is 0 Å². The highest BCUT2D eigenvalue weighted by atomic mass is 32.1. The summed E-state index contributed by atoms with van der Waals surface area (Å²) >= 11 is 1.23. The van der Waals surface area contributed by atoms with Crippen molar-refractivity contribution >= 4 is 23.1 Å². The molecule has 130 valence electrons. The molecule has 7 nitrogen and oxygen atoms in total. The summed E-state index contributed by atoms with van der Waals surface area (Å²) < 4.78 is 5.02. The van der Waals surface area contributed by atoms with Gasteiger partial charge in [-0.3, -0.25) is 9.89 Å². The molecule has 0 fully saturated rings. The first-order valence-corrected chi connectivity index (χ1v) is 8.58. The first-order valence-electron chi connectivity index (χ1n) is 7.71. The summed E-state index contributed by atoms with van der Waals surface area (Å²) in [6, 6.07) is 12.8. The van der Waals surface area contributed by atoms with Crippen molar-refractivity contribution in [3.05, 3.63) is 58.2 Å². The number of rotatable bonds is 6. The van der Waals surface area contributed by atoms with Crippen molar-refractivity contribution in [2.45, 2.75) is 12.8 Å². The van der Waals surface area contributed by atoms with Gasteiger partial charge in [-0.1, -0.05) is 30.3 Å². The number of benzene rings is 1. The van der Waals surface area contributed by atoms with Gasteiger partial charge in [0.15, 0.2) is 18.3 Å². The van der Waals surface area contributed by atoms with E-state index in [1.807, 2.05) is 36.4 Å². The number of thiazole rings is 1. The average Bonchev–Trinajstić information content (AvgIpc) is 3.31. The maximum Gasteiger partial charge on any atom is 0.356 e. The van der Waals surface area contributed by atoms with Crippen LogP contribution < -0.4 is 0 Å². The fourth-order valence-electron chi connectivity index (χ4n) is 2.25. The van der Waals surface area contributed by atoms with E-state index < -0.39 is 24.3 Å². The second-order valence-corrected chi connectivity index (χ2v) is 6.35. The maximum atomic E-state index is 12.2. The molecule has 0 radical (unpaired) electrons. The van der Waals surface area contributed by atoms with Gasteiger partial charge in [-0.05, 0) is 13.0 Å². The number of nitrogens with zero attached hydrogens (tertiary/aromatic N) is 3. The van der Waals surface area contributed by atoms with Gasteiger partial charge in [0.05, 0.1) is 11.8 Å². The minimum Gasteiger partial charge on any atom is -0.453 e. The highest BCUT2D eigenvalue weighted by molar-refractivity contribution is 7.09. The Morgan fingerprint density at radius 2 is 2.12 bits per heavy atom. The van der Waals surface area contributed by atoms with Crippen LogP contribution in [0.1, 0.15) is 27.1 Å². The third-order valence-electron chi connectivity index (χ3n) is 3.55. The number of aromatic amines is 1. The standard InChI is InChI=1S/C18H14N4O3S/c1-11-10-26-17(20-11)13(8-19)16(23)9-25-18(24)15-7-14(21-22-15)12-5-3-2-4-6-12/h2-7,10,13H,9H2,1H3,(H,21,22)/t13-/m1/s1. The molecule has 2 aromatic heterocycles. The number of esters is 1. The van der Waals surface area contributed by atoms with Crippen molar-refractivity contribution in [1.29, 1.82) is 5.26 Å². The van der Waals surface area contributed by atoms with Crippen LogP contribution in [0, 0.1) is 18.3 Å². The van der Waals surface area contributed by atoms with Crippen LogP contribution in [0.3, 0.4) is 0 Å². The zero-order chi connectivity index (χ0) is 18.5. The zero-order valence-corrected chi connectivity index (χ0v) is 14.6. The van der Waals surface area contributed by atoms with Crippen molar-refractivity contribution < 1.29 is 14.3 Å². The number of nitriles is 1. The summed E-state index contributed by atoms with van der Waals surface area (Å²) in [5.41, 5.74) is 2.32. The smallest absolute Gasteiger partial charge is 0.356 e. The Hall–Kier alpha value is -3.31. The van der Waals surface area contributed by atoms with E-state index in [1.165, 1.54) is 11.3 Å². The van der Waals surface area contributed by atoms with Crippen LogP contribution >= 0.6 is 11.3 Å². The average molecular weight is 366 g/mol. The number of aryl methyl sites for hydroxylation is 1. The van der Waals surface area contributed by atoms with Crippen molar-refractivity contribution in [3.63, 3.8) is 0 Å². The number of hydrogen-bond acceptors (Lipinski definition) is 7. The molecular formula is C18H14N4O3S. The van der Waals surface area contributed by atoms with E-state index in [2.05, 4.69) is 15.2 Å². The van der Waals surface area contributed by atoms with Crippen molar-refractivity contribution in [3.8, 4) is 17.3 Å². The molecule has 0 saturated heterocycles. The zero-order valence-electron chi connectivity index (χ0n) is 13.8. The Kier molecular flexibility index (Phi) is 5.20. The molecule has 0 saturated carbocycles. The summed E-state index contributed by atoms with van der Waals surface area (Å²) in [6.07, 6.45) is 0.